The summed E-state index contributed by atoms with van der Waals surface area (Å²) < 4.78 is 7.97. The molecule has 0 atom stereocenters. The summed E-state index contributed by atoms with van der Waals surface area (Å²) in [6.07, 6.45) is 2.05. The van der Waals surface area contributed by atoms with Crippen molar-refractivity contribution in [3.8, 4) is 0 Å². The fraction of sp³-hybridized carbons (Fsp3) is 0.571. The maximum absolute atomic E-state index is 12.5. The minimum Gasteiger partial charge on any atom is -0.380 e. The predicted molar refractivity (Wildman–Crippen MR) is 126 cm³/mol. The van der Waals surface area contributed by atoms with Crippen LogP contribution in [-0.2, 0) is 20.9 Å². The highest BCUT2D eigenvalue weighted by Crippen LogP contribution is 2.23. The highest BCUT2D eigenvalue weighted by Gasteiger charge is 2.20. The third-order valence-corrected chi connectivity index (χ3v) is 7.29. The van der Waals surface area contributed by atoms with Crippen molar-refractivity contribution in [1.29, 1.82) is 0 Å². The second-order valence-corrected chi connectivity index (χ2v) is 9.70. The fourth-order valence-electron chi connectivity index (χ4n) is 3.49. The molecule has 9 nitrogen and oxygen atoms in total. The van der Waals surface area contributed by atoms with Gasteiger partial charge < -0.3 is 14.2 Å². The van der Waals surface area contributed by atoms with Crippen LogP contribution in [0, 0.1) is 16.0 Å². The topological polar surface area (TPSA) is 107 Å². The standard InChI is InChI=1S/C21H28N4O5S2/c1-3-30-11-10-24-17-5-4-16(25(28)29)12-18(17)32-21(24)22-19(26)13-31-14-20(27)23-8-6-15(2)7-9-23/h4-5,12,15H,3,6-11,13-14H2,1-2H3. The van der Waals surface area contributed by atoms with E-state index in [0.717, 1.165) is 31.4 Å². The molecular weight excluding hydrogens is 452 g/mol. The Bertz CT molecular complexity index is 1040. The van der Waals surface area contributed by atoms with Crippen LogP contribution in [0.2, 0.25) is 0 Å². The Labute approximate surface area is 194 Å². The molecule has 1 saturated heterocycles. The van der Waals surface area contributed by atoms with Crippen molar-refractivity contribution in [1.82, 2.24) is 9.47 Å². The molecule has 11 heteroatoms. The maximum Gasteiger partial charge on any atom is 0.270 e. The molecule has 1 aliphatic heterocycles. The number of hydrogen-bond donors (Lipinski definition) is 0. The van der Waals surface area contributed by atoms with Crippen molar-refractivity contribution in [3.05, 3.63) is 33.1 Å². The van der Waals surface area contributed by atoms with Crippen molar-refractivity contribution in [2.24, 2.45) is 10.9 Å². The van der Waals surface area contributed by atoms with Crippen LogP contribution in [0.4, 0.5) is 5.69 Å². The number of carbonyl (C=O) groups excluding carboxylic acids is 2. The molecule has 0 spiro atoms. The van der Waals surface area contributed by atoms with E-state index in [1.807, 2.05) is 16.4 Å². The molecule has 0 saturated carbocycles. The lowest BCUT2D eigenvalue weighted by molar-refractivity contribution is -0.384. The zero-order valence-corrected chi connectivity index (χ0v) is 20.0. The lowest BCUT2D eigenvalue weighted by Crippen LogP contribution is -2.39. The molecule has 0 N–H and O–H groups in total. The number of fused-ring (bicyclic) bond motifs is 1. The lowest BCUT2D eigenvalue weighted by atomic mass is 9.99. The van der Waals surface area contributed by atoms with Crippen molar-refractivity contribution in [2.75, 3.05) is 37.8 Å². The first-order chi connectivity index (χ1) is 15.4. The molecule has 1 aromatic heterocycles. The van der Waals surface area contributed by atoms with E-state index in [1.54, 1.807) is 6.07 Å². The smallest absolute Gasteiger partial charge is 0.270 e. The summed E-state index contributed by atoms with van der Waals surface area (Å²) in [5.41, 5.74) is 0.767. The van der Waals surface area contributed by atoms with E-state index in [2.05, 4.69) is 11.9 Å². The first-order valence-electron chi connectivity index (χ1n) is 10.7. The summed E-state index contributed by atoms with van der Waals surface area (Å²) in [4.78, 5) is 42.1. The second-order valence-electron chi connectivity index (χ2n) is 7.70. The van der Waals surface area contributed by atoms with Gasteiger partial charge in [0.1, 0.15) is 0 Å². The highest BCUT2D eigenvalue weighted by atomic mass is 32.2. The number of ether oxygens (including phenoxy) is 1. The number of thioether (sulfide) groups is 1. The number of thiazole rings is 1. The van der Waals surface area contributed by atoms with Gasteiger partial charge in [-0.25, -0.2) is 0 Å². The average Bonchev–Trinajstić information content (AvgIpc) is 3.10. The van der Waals surface area contributed by atoms with Crippen molar-refractivity contribution in [2.45, 2.75) is 33.2 Å². The normalized spacial score (nSPS) is 15.4. The minimum absolute atomic E-state index is 0.00485. The van der Waals surface area contributed by atoms with Crippen LogP contribution in [-0.4, -0.2) is 64.0 Å². The largest absolute Gasteiger partial charge is 0.380 e. The van der Waals surface area contributed by atoms with E-state index >= 15 is 0 Å². The predicted octanol–water partition coefficient (Wildman–Crippen LogP) is 3.07. The molecule has 1 aromatic carbocycles. The molecular formula is C21H28N4O5S2. The van der Waals surface area contributed by atoms with Gasteiger partial charge in [-0.1, -0.05) is 18.3 Å². The van der Waals surface area contributed by atoms with Crippen LogP contribution in [0.3, 0.4) is 0 Å². The summed E-state index contributed by atoms with van der Waals surface area (Å²) >= 11 is 2.51. The number of non-ortho nitro benzene ring substituents is 1. The second kappa shape index (κ2) is 11.6. The number of nitrogens with zero attached hydrogens (tertiary/aromatic N) is 4. The van der Waals surface area contributed by atoms with E-state index in [9.17, 15) is 19.7 Å². The molecule has 2 heterocycles. The lowest BCUT2D eigenvalue weighted by Gasteiger charge is -2.30. The molecule has 1 fully saturated rings. The monoisotopic (exact) mass is 480 g/mol. The van der Waals surface area contributed by atoms with Gasteiger partial charge in [-0.2, -0.15) is 4.99 Å². The number of likely N-dealkylation sites (tertiary alicyclic amines) is 1. The molecule has 174 valence electrons. The van der Waals surface area contributed by atoms with Crippen LogP contribution in [0.25, 0.3) is 10.2 Å². The number of piperidine rings is 1. The number of amides is 2. The summed E-state index contributed by atoms with van der Waals surface area (Å²) in [5.74, 6) is 0.759. The van der Waals surface area contributed by atoms with Crippen LogP contribution >= 0.6 is 23.1 Å². The van der Waals surface area contributed by atoms with E-state index in [-0.39, 0.29) is 29.0 Å². The first-order valence-corrected chi connectivity index (χ1v) is 12.6. The van der Waals surface area contributed by atoms with Gasteiger partial charge in [-0.15, -0.1) is 11.8 Å². The summed E-state index contributed by atoms with van der Waals surface area (Å²) in [5, 5.41) is 11.1. The van der Waals surface area contributed by atoms with Gasteiger partial charge in [0.15, 0.2) is 4.80 Å². The number of nitro benzene ring substituents is 1. The van der Waals surface area contributed by atoms with Gasteiger partial charge >= 0.3 is 0 Å². The molecule has 32 heavy (non-hydrogen) atoms. The number of nitro groups is 1. The van der Waals surface area contributed by atoms with Gasteiger partial charge in [0.05, 0.1) is 33.3 Å². The third-order valence-electron chi connectivity index (χ3n) is 5.35. The maximum atomic E-state index is 12.5. The Kier molecular flexibility index (Phi) is 8.83. The molecule has 2 amide bonds. The minimum atomic E-state index is -0.442. The average molecular weight is 481 g/mol. The molecule has 0 bridgehead atoms. The van der Waals surface area contributed by atoms with Gasteiger partial charge in [0.2, 0.25) is 5.91 Å². The number of rotatable bonds is 9. The Balaban J connectivity index is 1.69. The number of carbonyl (C=O) groups is 2. The summed E-state index contributed by atoms with van der Waals surface area (Å²) in [7, 11) is 0. The SMILES string of the molecule is CCOCCn1c(=NC(=O)CSCC(=O)N2CCC(C)CC2)sc2cc([N+](=O)[O-])ccc21. The van der Waals surface area contributed by atoms with Crippen molar-refractivity contribution in [3.63, 3.8) is 0 Å². The van der Waals surface area contributed by atoms with E-state index in [4.69, 9.17) is 4.74 Å². The molecule has 1 aliphatic rings. The van der Waals surface area contributed by atoms with Crippen molar-refractivity contribution < 1.29 is 19.2 Å². The Morgan fingerprint density at radius 1 is 1.31 bits per heavy atom. The van der Waals surface area contributed by atoms with Crippen molar-refractivity contribution >= 4 is 50.8 Å². The van der Waals surface area contributed by atoms with E-state index in [1.165, 1.54) is 35.2 Å². The Morgan fingerprint density at radius 2 is 2.06 bits per heavy atom. The van der Waals surface area contributed by atoms with Gasteiger partial charge in [0, 0.05) is 38.4 Å². The van der Waals surface area contributed by atoms with Crippen LogP contribution in [0.15, 0.2) is 23.2 Å². The van der Waals surface area contributed by atoms with E-state index in [0.29, 0.717) is 35.2 Å². The molecule has 0 radical (unpaired) electrons. The van der Waals surface area contributed by atoms with Gasteiger partial charge in [-0.05, 0) is 31.7 Å². The summed E-state index contributed by atoms with van der Waals surface area (Å²) in [6.45, 7) is 7.16. The Morgan fingerprint density at radius 3 is 2.75 bits per heavy atom. The zero-order chi connectivity index (χ0) is 23.1. The van der Waals surface area contributed by atoms with Crippen LogP contribution in [0.1, 0.15) is 26.7 Å². The zero-order valence-electron chi connectivity index (χ0n) is 18.3. The molecule has 3 rings (SSSR count). The molecule has 0 aliphatic carbocycles. The van der Waals surface area contributed by atoms with Crippen LogP contribution < -0.4 is 4.80 Å². The first kappa shape index (κ1) is 24.4. The number of hydrogen-bond acceptors (Lipinski definition) is 7. The van der Waals surface area contributed by atoms with Gasteiger partial charge in [0.25, 0.3) is 11.6 Å². The Hall–Kier alpha value is -2.24. The fourth-order valence-corrected chi connectivity index (χ4v) is 5.30. The quantitative estimate of drug-likeness (QED) is 0.310. The number of aromatic nitrogens is 1. The van der Waals surface area contributed by atoms with Crippen LogP contribution in [0.5, 0.6) is 0 Å². The molecule has 0 unspecified atom stereocenters. The number of benzene rings is 1. The van der Waals surface area contributed by atoms with Gasteiger partial charge in [-0.3, -0.25) is 19.7 Å². The summed E-state index contributed by atoms with van der Waals surface area (Å²) in [6, 6.07) is 4.61. The third kappa shape index (κ3) is 6.39. The van der Waals surface area contributed by atoms with E-state index < -0.39 is 4.92 Å². The highest BCUT2D eigenvalue weighted by molar-refractivity contribution is 8.00. The molecule has 2 aromatic rings.